The van der Waals surface area contributed by atoms with E-state index >= 15 is 0 Å². The maximum absolute atomic E-state index is 13.2. The van der Waals surface area contributed by atoms with E-state index in [4.69, 9.17) is 9.47 Å². The van der Waals surface area contributed by atoms with Crippen molar-refractivity contribution in [3.63, 3.8) is 0 Å². The van der Waals surface area contributed by atoms with Crippen molar-refractivity contribution < 1.29 is 19.1 Å². The van der Waals surface area contributed by atoms with Crippen LogP contribution in [0.2, 0.25) is 0 Å². The average molecular weight is 348 g/mol. The summed E-state index contributed by atoms with van der Waals surface area (Å²) in [6.07, 6.45) is 0.0592. The number of carbonyl (C=O) groups is 2. The fourth-order valence-corrected chi connectivity index (χ4v) is 3.00. The normalized spacial score (nSPS) is 10.5. The molecule has 0 amide bonds. The summed E-state index contributed by atoms with van der Waals surface area (Å²) < 4.78 is 10.3. The first-order valence-corrected chi connectivity index (χ1v) is 8.49. The Bertz CT molecular complexity index is 945. The Morgan fingerprint density at radius 3 is 2.42 bits per heavy atom. The monoisotopic (exact) mass is 348 g/mol. The van der Waals surface area contributed by atoms with Crippen LogP contribution in [0.5, 0.6) is 5.75 Å². The molecule has 4 nitrogen and oxygen atoms in total. The van der Waals surface area contributed by atoms with E-state index in [1.165, 1.54) is 0 Å². The molecule has 0 saturated carbocycles. The van der Waals surface area contributed by atoms with Crippen molar-refractivity contribution in [2.45, 2.75) is 13.3 Å². The minimum absolute atomic E-state index is 0.0592. The second-order valence-electron chi connectivity index (χ2n) is 5.86. The third kappa shape index (κ3) is 3.59. The number of ether oxygens (including phenoxy) is 2. The van der Waals surface area contributed by atoms with Crippen LogP contribution < -0.4 is 4.74 Å². The lowest BCUT2D eigenvalue weighted by molar-refractivity contribution is -0.142. The van der Waals surface area contributed by atoms with Gasteiger partial charge in [0.25, 0.3) is 0 Å². The molecule has 0 aliphatic heterocycles. The fourth-order valence-electron chi connectivity index (χ4n) is 3.00. The number of hydrogen-bond donors (Lipinski definition) is 0. The molecule has 0 unspecified atom stereocenters. The maximum atomic E-state index is 13.2. The van der Waals surface area contributed by atoms with Gasteiger partial charge in [0, 0.05) is 11.1 Å². The molecule has 0 saturated heterocycles. The molecule has 0 radical (unpaired) electrons. The number of benzene rings is 3. The van der Waals surface area contributed by atoms with Crippen LogP contribution in [0, 0.1) is 0 Å². The Hall–Kier alpha value is -3.14. The quantitative estimate of drug-likeness (QED) is 0.495. The first-order valence-electron chi connectivity index (χ1n) is 8.49. The van der Waals surface area contributed by atoms with Crippen molar-refractivity contribution in [1.29, 1.82) is 0 Å². The number of fused-ring (bicyclic) bond motifs is 1. The summed E-state index contributed by atoms with van der Waals surface area (Å²) in [5, 5.41) is 1.68. The van der Waals surface area contributed by atoms with Gasteiger partial charge >= 0.3 is 5.97 Å². The predicted octanol–water partition coefficient (Wildman–Crippen LogP) is 4.19. The molecular formula is C22H20O4. The maximum Gasteiger partial charge on any atom is 0.310 e. The molecule has 4 heteroatoms. The topological polar surface area (TPSA) is 52.6 Å². The van der Waals surface area contributed by atoms with E-state index in [0.717, 1.165) is 10.8 Å². The molecule has 0 bridgehead atoms. The molecule has 0 heterocycles. The molecular weight excluding hydrogens is 328 g/mol. The van der Waals surface area contributed by atoms with E-state index in [1.807, 2.05) is 48.5 Å². The third-order valence-corrected chi connectivity index (χ3v) is 4.22. The summed E-state index contributed by atoms with van der Waals surface area (Å²) in [6, 6.07) is 18.3. The number of methoxy groups -OCH3 is 1. The molecule has 3 rings (SSSR count). The summed E-state index contributed by atoms with van der Waals surface area (Å²) in [5.74, 6) is 0.261. The number of rotatable bonds is 6. The van der Waals surface area contributed by atoms with Crippen molar-refractivity contribution in [2.24, 2.45) is 0 Å². The van der Waals surface area contributed by atoms with E-state index < -0.39 is 0 Å². The highest BCUT2D eigenvalue weighted by Gasteiger charge is 2.19. The first-order chi connectivity index (χ1) is 12.6. The molecule has 3 aromatic rings. The molecule has 132 valence electrons. The van der Waals surface area contributed by atoms with Crippen molar-refractivity contribution in [3.05, 3.63) is 77.4 Å². The minimum atomic E-state index is -0.345. The first kappa shape index (κ1) is 17.7. The van der Waals surface area contributed by atoms with E-state index in [1.54, 1.807) is 26.2 Å². The lowest BCUT2D eigenvalue weighted by atomic mass is 9.91. The summed E-state index contributed by atoms with van der Waals surface area (Å²) in [6.45, 7) is 2.08. The highest BCUT2D eigenvalue weighted by atomic mass is 16.5. The smallest absolute Gasteiger partial charge is 0.310 e. The van der Waals surface area contributed by atoms with Crippen molar-refractivity contribution in [3.8, 4) is 5.75 Å². The Morgan fingerprint density at radius 1 is 0.962 bits per heavy atom. The average Bonchev–Trinajstić information content (AvgIpc) is 2.67. The molecule has 3 aromatic carbocycles. The molecule has 0 fully saturated rings. The Kier molecular flexibility index (Phi) is 5.32. The summed E-state index contributed by atoms with van der Waals surface area (Å²) in [4.78, 5) is 25.2. The van der Waals surface area contributed by atoms with Gasteiger partial charge in [0.1, 0.15) is 5.75 Å². The van der Waals surface area contributed by atoms with Gasteiger partial charge in [0.2, 0.25) is 0 Å². The minimum Gasteiger partial charge on any atom is -0.497 e. The standard InChI is InChI=1S/C22H20O4/c1-3-26-20(23)14-17-10-9-16-13-18(25-2)11-12-19(16)21(17)22(24)15-7-5-4-6-8-15/h4-13H,3,14H2,1-2H3. The molecule has 0 aliphatic rings. The van der Waals surface area contributed by atoms with E-state index in [9.17, 15) is 9.59 Å². The Labute approximate surface area is 152 Å². The number of hydrogen-bond acceptors (Lipinski definition) is 4. The van der Waals surface area contributed by atoms with Crippen molar-refractivity contribution in [1.82, 2.24) is 0 Å². The Morgan fingerprint density at radius 2 is 1.73 bits per heavy atom. The molecule has 0 spiro atoms. The lowest BCUT2D eigenvalue weighted by Gasteiger charge is -2.13. The van der Waals surface area contributed by atoms with Crippen LogP contribution in [0.25, 0.3) is 10.8 Å². The van der Waals surface area contributed by atoms with Crippen LogP contribution in [0.1, 0.15) is 28.4 Å². The number of esters is 1. The van der Waals surface area contributed by atoms with Gasteiger partial charge in [-0.3, -0.25) is 9.59 Å². The van der Waals surface area contributed by atoms with Crippen LogP contribution >= 0.6 is 0 Å². The highest BCUT2D eigenvalue weighted by molar-refractivity contribution is 6.17. The summed E-state index contributed by atoms with van der Waals surface area (Å²) >= 11 is 0. The zero-order valence-electron chi connectivity index (χ0n) is 14.8. The summed E-state index contributed by atoms with van der Waals surface area (Å²) in [5.41, 5.74) is 1.78. The van der Waals surface area contributed by atoms with Crippen LogP contribution in [-0.4, -0.2) is 25.5 Å². The van der Waals surface area contributed by atoms with Gasteiger partial charge in [-0.1, -0.05) is 42.5 Å². The number of ketones is 1. The Balaban J connectivity index is 2.16. The van der Waals surface area contributed by atoms with Gasteiger partial charge in [-0.25, -0.2) is 0 Å². The van der Waals surface area contributed by atoms with Crippen LogP contribution in [-0.2, 0) is 16.0 Å². The van der Waals surface area contributed by atoms with Gasteiger partial charge in [-0.15, -0.1) is 0 Å². The van der Waals surface area contributed by atoms with Gasteiger partial charge in [0.05, 0.1) is 20.1 Å². The molecule has 26 heavy (non-hydrogen) atoms. The van der Waals surface area contributed by atoms with Crippen molar-refractivity contribution in [2.75, 3.05) is 13.7 Å². The molecule has 0 N–H and O–H groups in total. The van der Waals surface area contributed by atoms with E-state index in [2.05, 4.69) is 0 Å². The fraction of sp³-hybridized carbons (Fsp3) is 0.182. The van der Waals surface area contributed by atoms with Crippen molar-refractivity contribution >= 4 is 22.5 Å². The van der Waals surface area contributed by atoms with Gasteiger partial charge < -0.3 is 9.47 Å². The van der Waals surface area contributed by atoms with Crippen LogP contribution in [0.4, 0.5) is 0 Å². The van der Waals surface area contributed by atoms with Gasteiger partial charge in [-0.05, 0) is 41.5 Å². The largest absolute Gasteiger partial charge is 0.497 e. The van der Waals surface area contributed by atoms with Gasteiger partial charge in [-0.2, -0.15) is 0 Å². The predicted molar refractivity (Wildman–Crippen MR) is 101 cm³/mol. The van der Waals surface area contributed by atoms with Crippen LogP contribution in [0.15, 0.2) is 60.7 Å². The van der Waals surface area contributed by atoms with Crippen LogP contribution in [0.3, 0.4) is 0 Å². The number of carbonyl (C=O) groups excluding carboxylic acids is 2. The second-order valence-corrected chi connectivity index (χ2v) is 5.86. The summed E-state index contributed by atoms with van der Waals surface area (Å²) in [7, 11) is 1.60. The third-order valence-electron chi connectivity index (χ3n) is 4.22. The molecule has 0 atom stereocenters. The second kappa shape index (κ2) is 7.83. The molecule has 0 aliphatic carbocycles. The van der Waals surface area contributed by atoms with Gasteiger partial charge in [0.15, 0.2) is 5.78 Å². The lowest BCUT2D eigenvalue weighted by Crippen LogP contribution is -2.13. The SMILES string of the molecule is CCOC(=O)Cc1ccc2cc(OC)ccc2c1C(=O)c1ccccc1. The highest BCUT2D eigenvalue weighted by Crippen LogP contribution is 2.29. The molecule has 0 aromatic heterocycles. The van der Waals surface area contributed by atoms with E-state index in [0.29, 0.717) is 29.0 Å². The van der Waals surface area contributed by atoms with E-state index in [-0.39, 0.29) is 18.2 Å². The zero-order valence-corrected chi connectivity index (χ0v) is 14.8. The zero-order chi connectivity index (χ0) is 18.5.